The molecule has 0 saturated carbocycles. The Morgan fingerprint density at radius 3 is 2.91 bits per heavy atom. The molecule has 23 heavy (non-hydrogen) atoms. The van der Waals surface area contributed by atoms with Crippen molar-refractivity contribution in [1.82, 2.24) is 10.2 Å². The number of carbonyl (C=O) groups is 1. The highest BCUT2D eigenvalue weighted by Gasteiger charge is 2.21. The first-order valence-corrected chi connectivity index (χ1v) is 8.43. The zero-order valence-electron chi connectivity index (χ0n) is 13.6. The van der Waals surface area contributed by atoms with Crippen LogP contribution in [0.2, 0.25) is 5.02 Å². The van der Waals surface area contributed by atoms with Crippen LogP contribution in [0.5, 0.6) is 5.75 Å². The molecule has 0 bridgehead atoms. The van der Waals surface area contributed by atoms with E-state index in [1.807, 2.05) is 0 Å². The lowest BCUT2D eigenvalue weighted by Gasteiger charge is -2.33. The molecule has 0 aromatic heterocycles. The first-order valence-electron chi connectivity index (χ1n) is 8.05. The van der Waals surface area contributed by atoms with Crippen molar-refractivity contribution < 1.29 is 14.3 Å². The fourth-order valence-corrected chi connectivity index (χ4v) is 3.24. The first kappa shape index (κ1) is 18.0. The summed E-state index contributed by atoms with van der Waals surface area (Å²) in [6, 6.07) is 2.28. The van der Waals surface area contributed by atoms with Gasteiger partial charge in [0.25, 0.3) is 5.91 Å². The van der Waals surface area contributed by atoms with E-state index in [2.05, 4.69) is 24.1 Å². The van der Waals surface area contributed by atoms with Gasteiger partial charge < -0.3 is 15.3 Å². The molecule has 1 saturated heterocycles. The molecule has 0 radical (unpaired) electrons. The molecule has 1 fully saturated rings. The molecule has 1 aromatic carbocycles. The highest BCUT2D eigenvalue weighted by Crippen LogP contribution is 2.27. The summed E-state index contributed by atoms with van der Waals surface area (Å²) in [5.41, 5.74) is 0.125. The van der Waals surface area contributed by atoms with E-state index in [-0.39, 0.29) is 16.5 Å². The van der Waals surface area contributed by atoms with E-state index < -0.39 is 11.6 Å². The van der Waals surface area contributed by atoms with Crippen molar-refractivity contribution in [2.45, 2.75) is 26.7 Å². The minimum Gasteiger partial charge on any atom is -0.504 e. The van der Waals surface area contributed by atoms with Crippen molar-refractivity contribution in [3.8, 4) is 5.75 Å². The van der Waals surface area contributed by atoms with Gasteiger partial charge in [-0.1, -0.05) is 25.4 Å². The van der Waals surface area contributed by atoms with Crippen LogP contribution in [0.3, 0.4) is 0 Å². The predicted molar refractivity (Wildman–Crippen MR) is 89.4 cm³/mol. The number of hydrogen-bond donors (Lipinski definition) is 2. The number of carbonyl (C=O) groups excluding carboxylic acids is 1. The summed E-state index contributed by atoms with van der Waals surface area (Å²) in [7, 11) is 0. The third kappa shape index (κ3) is 5.08. The molecule has 1 atom stereocenters. The zero-order chi connectivity index (χ0) is 17.0. The lowest BCUT2D eigenvalue weighted by Crippen LogP contribution is -2.42. The highest BCUT2D eigenvalue weighted by atomic mass is 35.5. The van der Waals surface area contributed by atoms with Crippen LogP contribution >= 0.6 is 11.6 Å². The summed E-state index contributed by atoms with van der Waals surface area (Å²) >= 11 is 5.70. The Hall–Kier alpha value is -1.33. The van der Waals surface area contributed by atoms with E-state index in [0.29, 0.717) is 18.4 Å². The Balaban J connectivity index is 1.89. The zero-order valence-corrected chi connectivity index (χ0v) is 14.4. The molecule has 6 heteroatoms. The molecule has 1 aromatic rings. The van der Waals surface area contributed by atoms with Crippen molar-refractivity contribution in [3.05, 3.63) is 28.5 Å². The average Bonchev–Trinajstić information content (AvgIpc) is 2.49. The normalized spacial score (nSPS) is 19.1. The van der Waals surface area contributed by atoms with Gasteiger partial charge in [0.15, 0.2) is 11.6 Å². The number of likely N-dealkylation sites (tertiary alicyclic amines) is 1. The Morgan fingerprint density at radius 2 is 2.26 bits per heavy atom. The number of rotatable bonds is 5. The van der Waals surface area contributed by atoms with E-state index in [9.17, 15) is 14.3 Å². The van der Waals surface area contributed by atoms with Gasteiger partial charge in [-0.3, -0.25) is 4.79 Å². The fraction of sp³-hybridized carbons (Fsp3) is 0.588. The molecule has 2 N–H and O–H groups in total. The third-order valence-corrected chi connectivity index (χ3v) is 4.34. The molecule has 1 unspecified atom stereocenters. The van der Waals surface area contributed by atoms with Crippen LogP contribution in [0, 0.1) is 17.7 Å². The lowest BCUT2D eigenvalue weighted by molar-refractivity contribution is 0.0928. The maximum absolute atomic E-state index is 13.4. The van der Waals surface area contributed by atoms with Gasteiger partial charge in [0, 0.05) is 25.2 Å². The molecule has 1 aliphatic rings. The molecule has 1 aliphatic heterocycles. The van der Waals surface area contributed by atoms with Gasteiger partial charge in [0.05, 0.1) is 5.02 Å². The van der Waals surface area contributed by atoms with Crippen LogP contribution in [0.25, 0.3) is 0 Å². The minimum absolute atomic E-state index is 0.125. The fourth-order valence-electron chi connectivity index (χ4n) is 3.04. The van der Waals surface area contributed by atoms with E-state index in [1.165, 1.54) is 6.07 Å². The van der Waals surface area contributed by atoms with Crippen molar-refractivity contribution >= 4 is 17.5 Å². The summed E-state index contributed by atoms with van der Waals surface area (Å²) in [6.45, 7) is 8.13. The number of piperidine rings is 1. The Morgan fingerprint density at radius 1 is 1.52 bits per heavy atom. The number of amides is 1. The number of nitrogens with one attached hydrogen (secondary N) is 1. The van der Waals surface area contributed by atoms with Crippen LogP contribution in [0.15, 0.2) is 12.1 Å². The van der Waals surface area contributed by atoms with Crippen LogP contribution < -0.4 is 5.32 Å². The number of benzene rings is 1. The molecule has 0 spiro atoms. The number of nitrogens with zero attached hydrogens (tertiary/aromatic N) is 1. The summed E-state index contributed by atoms with van der Waals surface area (Å²) in [5, 5.41) is 12.0. The standard InChI is InChI=1S/C17H24ClFN2O2/c1-11(2)9-21-5-3-4-12(10-21)8-20-17(23)13-6-14(18)16(22)15(19)7-13/h6-7,11-12,22H,3-5,8-10H2,1-2H3,(H,20,23). The first-order chi connectivity index (χ1) is 10.9. The van der Waals surface area contributed by atoms with Crippen LogP contribution in [-0.4, -0.2) is 42.1 Å². The number of aromatic hydroxyl groups is 1. The molecule has 2 rings (SSSR count). The molecule has 1 amide bonds. The van der Waals surface area contributed by atoms with Crippen molar-refractivity contribution in [2.24, 2.45) is 11.8 Å². The third-order valence-electron chi connectivity index (χ3n) is 4.06. The topological polar surface area (TPSA) is 52.6 Å². The number of phenolic OH excluding ortho intramolecular Hbond substituents is 1. The lowest BCUT2D eigenvalue weighted by atomic mass is 9.97. The van der Waals surface area contributed by atoms with Crippen molar-refractivity contribution in [2.75, 3.05) is 26.2 Å². The van der Waals surface area contributed by atoms with E-state index >= 15 is 0 Å². The minimum atomic E-state index is -0.886. The van der Waals surface area contributed by atoms with E-state index in [0.717, 1.165) is 38.5 Å². The summed E-state index contributed by atoms with van der Waals surface area (Å²) < 4.78 is 13.4. The van der Waals surface area contributed by atoms with Crippen LogP contribution in [-0.2, 0) is 0 Å². The summed E-state index contributed by atoms with van der Waals surface area (Å²) in [6.07, 6.45) is 2.21. The van der Waals surface area contributed by atoms with E-state index in [4.69, 9.17) is 11.6 Å². The van der Waals surface area contributed by atoms with Gasteiger partial charge in [-0.05, 0) is 43.4 Å². The molecule has 0 aliphatic carbocycles. The van der Waals surface area contributed by atoms with Gasteiger partial charge in [-0.25, -0.2) is 4.39 Å². The molecule has 4 nitrogen and oxygen atoms in total. The number of hydrogen-bond acceptors (Lipinski definition) is 3. The molecular weight excluding hydrogens is 319 g/mol. The Kier molecular flexibility index (Phi) is 6.25. The van der Waals surface area contributed by atoms with Crippen LogP contribution in [0.1, 0.15) is 37.0 Å². The highest BCUT2D eigenvalue weighted by molar-refractivity contribution is 6.32. The second kappa shape index (κ2) is 7.97. The quantitative estimate of drug-likeness (QED) is 0.863. The van der Waals surface area contributed by atoms with Crippen LogP contribution in [0.4, 0.5) is 4.39 Å². The molecule has 1 heterocycles. The van der Waals surface area contributed by atoms with E-state index in [1.54, 1.807) is 0 Å². The van der Waals surface area contributed by atoms with Gasteiger partial charge in [-0.2, -0.15) is 0 Å². The molecule has 128 valence electrons. The smallest absolute Gasteiger partial charge is 0.251 e. The van der Waals surface area contributed by atoms with Crippen molar-refractivity contribution in [1.29, 1.82) is 0 Å². The van der Waals surface area contributed by atoms with Crippen molar-refractivity contribution in [3.63, 3.8) is 0 Å². The molecular formula is C17H24ClFN2O2. The van der Waals surface area contributed by atoms with Gasteiger partial charge in [-0.15, -0.1) is 0 Å². The SMILES string of the molecule is CC(C)CN1CCCC(CNC(=O)c2cc(F)c(O)c(Cl)c2)C1. The maximum atomic E-state index is 13.4. The Labute approximate surface area is 141 Å². The van der Waals surface area contributed by atoms with Gasteiger partial charge >= 0.3 is 0 Å². The van der Waals surface area contributed by atoms with Gasteiger partial charge in [0.2, 0.25) is 0 Å². The number of halogens is 2. The second-order valence-electron chi connectivity index (χ2n) is 6.66. The maximum Gasteiger partial charge on any atom is 0.251 e. The average molecular weight is 343 g/mol. The van der Waals surface area contributed by atoms with Gasteiger partial charge in [0.1, 0.15) is 0 Å². The largest absolute Gasteiger partial charge is 0.504 e. The predicted octanol–water partition coefficient (Wildman–Crippen LogP) is 3.28. The summed E-state index contributed by atoms with van der Waals surface area (Å²) in [4.78, 5) is 14.6. The monoisotopic (exact) mass is 342 g/mol. The number of phenols is 1. The Bertz CT molecular complexity index is 543. The summed E-state index contributed by atoms with van der Waals surface area (Å²) in [5.74, 6) is -0.843. The second-order valence-corrected chi connectivity index (χ2v) is 7.07.